The van der Waals surface area contributed by atoms with E-state index >= 15 is 0 Å². The van der Waals surface area contributed by atoms with E-state index in [0.717, 1.165) is 39.5 Å². The molecule has 0 heterocycles. The van der Waals surface area contributed by atoms with Crippen LogP contribution in [-0.4, -0.2) is 0 Å². The van der Waals surface area contributed by atoms with E-state index in [1.807, 2.05) is 36.4 Å². The molecule has 0 aliphatic heterocycles. The van der Waals surface area contributed by atoms with Crippen molar-refractivity contribution in [1.82, 2.24) is 0 Å². The van der Waals surface area contributed by atoms with Crippen molar-refractivity contribution in [2.24, 2.45) is 0 Å². The van der Waals surface area contributed by atoms with Gasteiger partial charge >= 0.3 is 0 Å². The molecule has 8 aromatic rings. The zero-order chi connectivity index (χ0) is 37.0. The predicted molar refractivity (Wildman–Crippen MR) is 222 cm³/mol. The van der Waals surface area contributed by atoms with Gasteiger partial charge in [-0.1, -0.05) is 56.3 Å². The second-order valence-corrected chi connectivity index (χ2v) is 14.7. The number of aryl methyl sites for hydroxylation is 4. The van der Waals surface area contributed by atoms with Crippen molar-refractivity contribution in [3.05, 3.63) is 166 Å². The van der Waals surface area contributed by atoms with Crippen LogP contribution in [0.3, 0.4) is 0 Å². The van der Waals surface area contributed by atoms with Crippen molar-refractivity contribution in [2.75, 3.05) is 9.80 Å². The minimum absolute atomic E-state index is 0.269. The summed E-state index contributed by atoms with van der Waals surface area (Å²) in [5.74, 6) is 0.269. The number of hydrogen-bond donors (Lipinski definition) is 0. The third-order valence-electron chi connectivity index (χ3n) is 10.3. The zero-order valence-corrected chi connectivity index (χ0v) is 31.0. The van der Waals surface area contributed by atoms with E-state index in [0.29, 0.717) is 11.1 Å². The fourth-order valence-corrected chi connectivity index (χ4v) is 8.13. The summed E-state index contributed by atoms with van der Waals surface area (Å²) in [6.45, 7) is 13.1. The van der Waals surface area contributed by atoms with Crippen LogP contribution in [-0.2, 0) is 0 Å². The molecule has 0 aliphatic carbocycles. The maximum Gasteiger partial charge on any atom is 0.0991 e. The van der Waals surface area contributed by atoms with Crippen LogP contribution in [0.2, 0.25) is 0 Å². The highest BCUT2D eigenvalue weighted by atomic mass is 15.1. The Labute approximate surface area is 311 Å². The minimum Gasteiger partial charge on any atom is -0.310 e. The predicted octanol–water partition coefficient (Wildman–Crippen LogP) is 13.6. The van der Waals surface area contributed by atoms with Crippen LogP contribution in [0.1, 0.15) is 58.7 Å². The molecule has 0 bridgehead atoms. The van der Waals surface area contributed by atoms with Gasteiger partial charge in [-0.25, -0.2) is 0 Å². The van der Waals surface area contributed by atoms with Gasteiger partial charge in [0.2, 0.25) is 0 Å². The number of hydrogen-bond acceptors (Lipinski definition) is 4. The summed E-state index contributed by atoms with van der Waals surface area (Å²) in [6.07, 6.45) is 0. The van der Waals surface area contributed by atoms with Gasteiger partial charge in [0, 0.05) is 33.5 Å². The van der Waals surface area contributed by atoms with Crippen LogP contribution >= 0.6 is 0 Å². The maximum absolute atomic E-state index is 9.65. The summed E-state index contributed by atoms with van der Waals surface area (Å²) < 4.78 is 0. The van der Waals surface area contributed by atoms with E-state index in [1.54, 1.807) is 0 Å². The van der Waals surface area contributed by atoms with Gasteiger partial charge < -0.3 is 9.80 Å². The molecule has 0 unspecified atom stereocenters. The molecular formula is C49H40N4. The number of anilines is 6. The molecule has 4 heteroatoms. The summed E-state index contributed by atoms with van der Waals surface area (Å²) >= 11 is 0. The van der Waals surface area contributed by atoms with Crippen LogP contribution in [0.25, 0.3) is 32.3 Å². The molecule has 53 heavy (non-hydrogen) atoms. The number of nitrogens with zero attached hydrogens (tertiary/aromatic N) is 4. The van der Waals surface area contributed by atoms with E-state index in [1.165, 1.54) is 54.7 Å². The molecule has 0 fully saturated rings. The number of benzene rings is 8. The molecule has 0 spiro atoms. The molecule has 0 atom stereocenters. The van der Waals surface area contributed by atoms with Crippen molar-refractivity contribution in [2.45, 2.75) is 47.5 Å². The van der Waals surface area contributed by atoms with Gasteiger partial charge in [0.15, 0.2) is 0 Å². The lowest BCUT2D eigenvalue weighted by atomic mass is 9.86. The maximum atomic E-state index is 9.65. The molecule has 0 amide bonds. The van der Waals surface area contributed by atoms with Gasteiger partial charge in [-0.15, -0.1) is 0 Å². The van der Waals surface area contributed by atoms with E-state index in [-0.39, 0.29) is 5.92 Å². The number of nitriles is 2. The quantitative estimate of drug-likeness (QED) is 0.157. The lowest BCUT2D eigenvalue weighted by Crippen LogP contribution is -2.13. The molecule has 8 rings (SSSR count). The highest BCUT2D eigenvalue weighted by molar-refractivity contribution is 6.28. The van der Waals surface area contributed by atoms with Gasteiger partial charge in [-0.3, -0.25) is 0 Å². The topological polar surface area (TPSA) is 54.1 Å². The van der Waals surface area contributed by atoms with Crippen molar-refractivity contribution in [3.63, 3.8) is 0 Å². The third kappa shape index (κ3) is 5.89. The summed E-state index contributed by atoms with van der Waals surface area (Å²) in [4.78, 5) is 4.69. The Bertz CT molecular complexity index is 2720. The molecule has 0 N–H and O–H groups in total. The number of rotatable bonds is 7. The Hall–Kier alpha value is -6.62. The molecule has 0 saturated carbocycles. The first-order valence-electron chi connectivity index (χ1n) is 18.1. The smallest absolute Gasteiger partial charge is 0.0991 e. The van der Waals surface area contributed by atoms with Gasteiger partial charge in [-0.05, 0) is 168 Å². The fraction of sp³-hybridized carbons (Fsp3) is 0.143. The Balaban J connectivity index is 1.47. The van der Waals surface area contributed by atoms with E-state index in [2.05, 4.69) is 154 Å². The molecule has 0 aromatic heterocycles. The first-order valence-corrected chi connectivity index (χ1v) is 18.1. The van der Waals surface area contributed by atoms with Crippen molar-refractivity contribution < 1.29 is 0 Å². The summed E-state index contributed by atoms with van der Waals surface area (Å²) in [5.41, 5.74) is 13.7. The second kappa shape index (κ2) is 13.2. The minimum atomic E-state index is 0.269. The molecule has 0 radical (unpaired) electrons. The first kappa shape index (κ1) is 33.5. The molecule has 0 aliphatic rings. The van der Waals surface area contributed by atoms with Gasteiger partial charge in [0.1, 0.15) is 0 Å². The summed E-state index contributed by atoms with van der Waals surface area (Å²) in [6, 6.07) is 49.8. The molecule has 256 valence electrons. The first-order chi connectivity index (χ1) is 25.6. The van der Waals surface area contributed by atoms with Crippen molar-refractivity contribution in [3.8, 4) is 12.1 Å². The molecule has 8 aromatic carbocycles. The SMILES string of the molecule is Cc1cc(C)cc(N(c2ccc(C#N)cc2)c2ccc3ccc4c(N(c5ccc(C#N)cc5)c5cc(C)cc(C)c5)cc(C(C)C)c5ccc2c3c54)c1. The highest BCUT2D eigenvalue weighted by Crippen LogP contribution is 2.49. The largest absolute Gasteiger partial charge is 0.310 e. The lowest BCUT2D eigenvalue weighted by Gasteiger charge is -2.31. The van der Waals surface area contributed by atoms with Crippen LogP contribution in [0.4, 0.5) is 34.1 Å². The normalized spacial score (nSPS) is 11.3. The van der Waals surface area contributed by atoms with E-state index in [9.17, 15) is 10.5 Å². The Morgan fingerprint density at radius 3 is 1.36 bits per heavy atom. The second-order valence-electron chi connectivity index (χ2n) is 14.7. The zero-order valence-electron chi connectivity index (χ0n) is 31.0. The van der Waals surface area contributed by atoms with Crippen LogP contribution < -0.4 is 9.80 Å². The van der Waals surface area contributed by atoms with Gasteiger partial charge in [0.05, 0.1) is 34.6 Å². The standard InChI is InChI=1S/C49H40N4/c1-30(2)45-27-47(53(39-15-9-36(29-51)10-16-39)41-25-33(5)22-34(6)26-41)44-17-11-37-12-20-46(43-19-18-42(45)49(44)48(37)43)52(38-13-7-35(28-50)8-14-38)40-23-31(3)21-32(4)24-40/h7-27,30H,1-6H3. The Morgan fingerprint density at radius 1 is 0.434 bits per heavy atom. The highest BCUT2D eigenvalue weighted by Gasteiger charge is 2.24. The summed E-state index contributed by atoms with van der Waals surface area (Å²) in [5, 5.41) is 26.5. The summed E-state index contributed by atoms with van der Waals surface area (Å²) in [7, 11) is 0. The average molecular weight is 685 g/mol. The fourth-order valence-electron chi connectivity index (χ4n) is 8.13. The van der Waals surface area contributed by atoms with Crippen molar-refractivity contribution in [1.29, 1.82) is 10.5 Å². The monoisotopic (exact) mass is 684 g/mol. The van der Waals surface area contributed by atoms with Gasteiger partial charge in [0.25, 0.3) is 0 Å². The molecule has 4 nitrogen and oxygen atoms in total. The molecular weight excluding hydrogens is 645 g/mol. The van der Waals surface area contributed by atoms with Gasteiger partial charge in [-0.2, -0.15) is 10.5 Å². The van der Waals surface area contributed by atoms with Crippen molar-refractivity contribution >= 4 is 66.4 Å². The van der Waals surface area contributed by atoms with Crippen LogP contribution in [0.15, 0.2) is 127 Å². The van der Waals surface area contributed by atoms with E-state index in [4.69, 9.17) is 0 Å². The third-order valence-corrected chi connectivity index (χ3v) is 10.3. The van der Waals surface area contributed by atoms with Crippen LogP contribution in [0.5, 0.6) is 0 Å². The molecule has 0 saturated heterocycles. The Morgan fingerprint density at radius 2 is 0.868 bits per heavy atom. The average Bonchev–Trinajstić information content (AvgIpc) is 3.14. The van der Waals surface area contributed by atoms with Crippen LogP contribution in [0, 0.1) is 50.4 Å². The lowest BCUT2D eigenvalue weighted by molar-refractivity contribution is 0.876. The Kier molecular flexibility index (Phi) is 8.33. The van der Waals surface area contributed by atoms with E-state index < -0.39 is 0 Å².